The van der Waals surface area contributed by atoms with Crippen LogP contribution in [0, 0.1) is 5.82 Å². The second-order valence-electron chi connectivity index (χ2n) is 4.26. The molecule has 0 unspecified atom stereocenters. The Balaban J connectivity index is 2.31. The highest BCUT2D eigenvalue weighted by Gasteiger charge is 2.14. The Bertz CT molecular complexity index is 800. The van der Waals surface area contributed by atoms with E-state index in [0.717, 1.165) is 0 Å². The number of rotatable bonds is 2. The van der Waals surface area contributed by atoms with Crippen LogP contribution in [0.5, 0.6) is 5.75 Å². The lowest BCUT2D eigenvalue weighted by atomic mass is 10.2. The summed E-state index contributed by atoms with van der Waals surface area (Å²) >= 11 is 5.92. The molecule has 0 amide bonds. The molecule has 3 aromatic rings. The molecule has 0 saturated heterocycles. The van der Waals surface area contributed by atoms with E-state index in [1.807, 2.05) is 0 Å². The second-order valence-corrected chi connectivity index (χ2v) is 4.69. The summed E-state index contributed by atoms with van der Waals surface area (Å²) in [6, 6.07) is 9.59. The minimum atomic E-state index is -0.410. The number of ether oxygens (including phenoxy) is 1. The molecular formula is C14H11ClFN3O. The van der Waals surface area contributed by atoms with Crippen LogP contribution in [0.2, 0.25) is 5.02 Å². The number of nitrogens with two attached hydrogens (primary N) is 1. The fourth-order valence-electron chi connectivity index (χ4n) is 2.12. The van der Waals surface area contributed by atoms with Crippen molar-refractivity contribution in [1.29, 1.82) is 0 Å². The van der Waals surface area contributed by atoms with Gasteiger partial charge in [-0.1, -0.05) is 11.6 Å². The molecule has 0 saturated carbocycles. The molecule has 1 aromatic heterocycles. The number of benzene rings is 2. The number of hydrogen-bond donors (Lipinski definition) is 1. The molecule has 0 aliphatic rings. The first-order valence-electron chi connectivity index (χ1n) is 5.87. The van der Waals surface area contributed by atoms with Gasteiger partial charge in [0.25, 0.3) is 0 Å². The maximum atomic E-state index is 14.1. The van der Waals surface area contributed by atoms with Gasteiger partial charge >= 0.3 is 0 Å². The number of hydrogen-bond acceptors (Lipinski definition) is 3. The Morgan fingerprint density at radius 3 is 2.80 bits per heavy atom. The molecule has 3 rings (SSSR count). The summed E-state index contributed by atoms with van der Waals surface area (Å²) in [5.74, 6) is 0.317. The lowest BCUT2D eigenvalue weighted by Crippen LogP contribution is -2.03. The van der Waals surface area contributed by atoms with E-state index in [-0.39, 0.29) is 11.6 Å². The van der Waals surface area contributed by atoms with Crippen molar-refractivity contribution in [3.05, 3.63) is 47.2 Å². The van der Waals surface area contributed by atoms with Crippen molar-refractivity contribution >= 4 is 28.6 Å². The van der Waals surface area contributed by atoms with Gasteiger partial charge in [-0.2, -0.15) is 0 Å². The van der Waals surface area contributed by atoms with Crippen LogP contribution in [0.4, 0.5) is 10.3 Å². The van der Waals surface area contributed by atoms with Gasteiger partial charge in [-0.15, -0.1) is 0 Å². The number of methoxy groups -OCH3 is 1. The Morgan fingerprint density at radius 2 is 2.05 bits per heavy atom. The van der Waals surface area contributed by atoms with E-state index in [4.69, 9.17) is 22.1 Å². The van der Waals surface area contributed by atoms with Crippen LogP contribution in [-0.2, 0) is 0 Å². The van der Waals surface area contributed by atoms with E-state index in [0.29, 0.717) is 21.8 Å². The molecule has 1 heterocycles. The molecule has 0 atom stereocenters. The van der Waals surface area contributed by atoms with Crippen LogP contribution in [-0.4, -0.2) is 16.7 Å². The Labute approximate surface area is 119 Å². The fraction of sp³-hybridized carbons (Fsp3) is 0.0714. The lowest BCUT2D eigenvalue weighted by molar-refractivity contribution is 0.413. The first-order chi connectivity index (χ1) is 9.60. The van der Waals surface area contributed by atoms with E-state index in [2.05, 4.69) is 4.98 Å². The van der Waals surface area contributed by atoms with E-state index in [9.17, 15) is 4.39 Å². The Hall–Kier alpha value is -2.27. The first-order valence-corrected chi connectivity index (χ1v) is 6.25. The molecule has 102 valence electrons. The average Bonchev–Trinajstić information content (AvgIpc) is 2.74. The van der Waals surface area contributed by atoms with Gasteiger partial charge in [0.05, 0.1) is 23.8 Å². The van der Waals surface area contributed by atoms with Gasteiger partial charge in [0.1, 0.15) is 11.6 Å². The van der Waals surface area contributed by atoms with Crippen molar-refractivity contribution in [2.45, 2.75) is 0 Å². The van der Waals surface area contributed by atoms with Crippen molar-refractivity contribution in [2.75, 3.05) is 12.8 Å². The topological polar surface area (TPSA) is 53.1 Å². The molecule has 20 heavy (non-hydrogen) atoms. The zero-order valence-electron chi connectivity index (χ0n) is 10.6. The molecule has 0 aliphatic carbocycles. The number of halogens is 2. The average molecular weight is 292 g/mol. The Kier molecular flexibility index (Phi) is 2.99. The van der Waals surface area contributed by atoms with E-state index < -0.39 is 5.82 Å². The third-order valence-electron chi connectivity index (χ3n) is 3.04. The van der Waals surface area contributed by atoms with Gasteiger partial charge in [-0.3, -0.25) is 4.57 Å². The van der Waals surface area contributed by atoms with Crippen LogP contribution >= 0.6 is 11.6 Å². The molecule has 2 N–H and O–H groups in total. The van der Waals surface area contributed by atoms with Crippen LogP contribution in [0.25, 0.3) is 16.7 Å². The maximum absolute atomic E-state index is 14.1. The van der Waals surface area contributed by atoms with Gasteiger partial charge in [0, 0.05) is 11.1 Å². The highest BCUT2D eigenvalue weighted by atomic mass is 35.5. The van der Waals surface area contributed by atoms with Gasteiger partial charge in [-0.25, -0.2) is 9.37 Å². The minimum absolute atomic E-state index is 0.189. The highest BCUT2D eigenvalue weighted by molar-refractivity contribution is 6.31. The molecule has 6 heteroatoms. The van der Waals surface area contributed by atoms with Crippen LogP contribution in [0.3, 0.4) is 0 Å². The number of imidazole rings is 1. The Morgan fingerprint density at radius 1 is 1.25 bits per heavy atom. The van der Waals surface area contributed by atoms with Gasteiger partial charge in [-0.05, 0) is 30.3 Å². The predicted molar refractivity (Wildman–Crippen MR) is 77.0 cm³/mol. The first kappa shape index (κ1) is 12.7. The van der Waals surface area contributed by atoms with Gasteiger partial charge in [0.15, 0.2) is 0 Å². The molecule has 2 aromatic carbocycles. The summed E-state index contributed by atoms with van der Waals surface area (Å²) in [5, 5.41) is 0.549. The molecule has 0 bridgehead atoms. The van der Waals surface area contributed by atoms with Crippen molar-refractivity contribution in [3.63, 3.8) is 0 Å². The van der Waals surface area contributed by atoms with E-state index in [1.54, 1.807) is 30.3 Å². The largest absolute Gasteiger partial charge is 0.497 e. The smallest absolute Gasteiger partial charge is 0.206 e. The number of nitrogens with zero attached hydrogens (tertiary/aromatic N) is 2. The normalized spacial score (nSPS) is 10.9. The summed E-state index contributed by atoms with van der Waals surface area (Å²) < 4.78 is 20.7. The van der Waals surface area contributed by atoms with Crippen molar-refractivity contribution in [2.24, 2.45) is 0 Å². The molecule has 0 aliphatic heterocycles. The molecule has 0 spiro atoms. The van der Waals surface area contributed by atoms with Crippen LogP contribution in [0.15, 0.2) is 36.4 Å². The minimum Gasteiger partial charge on any atom is -0.497 e. The molecule has 0 fully saturated rings. The molecular weight excluding hydrogens is 281 g/mol. The highest BCUT2D eigenvalue weighted by Crippen LogP contribution is 2.28. The van der Waals surface area contributed by atoms with E-state index >= 15 is 0 Å². The zero-order chi connectivity index (χ0) is 14.3. The van der Waals surface area contributed by atoms with Crippen LogP contribution in [0.1, 0.15) is 0 Å². The number of nitrogen functional groups attached to an aromatic ring is 1. The van der Waals surface area contributed by atoms with E-state index in [1.165, 1.54) is 17.7 Å². The van der Waals surface area contributed by atoms with Crippen molar-refractivity contribution < 1.29 is 9.13 Å². The van der Waals surface area contributed by atoms with Crippen molar-refractivity contribution in [3.8, 4) is 11.4 Å². The molecule has 0 radical (unpaired) electrons. The predicted octanol–water partition coefficient (Wildman–Crippen LogP) is 3.41. The summed E-state index contributed by atoms with van der Waals surface area (Å²) in [5.41, 5.74) is 7.47. The lowest BCUT2D eigenvalue weighted by Gasteiger charge is -2.09. The van der Waals surface area contributed by atoms with Crippen molar-refractivity contribution in [1.82, 2.24) is 9.55 Å². The number of fused-ring (bicyclic) bond motifs is 1. The van der Waals surface area contributed by atoms with Gasteiger partial charge in [0.2, 0.25) is 5.95 Å². The summed E-state index contributed by atoms with van der Waals surface area (Å²) in [4.78, 5) is 4.20. The zero-order valence-corrected chi connectivity index (χ0v) is 11.4. The standard InChI is InChI=1S/C14H11ClFN3O/c1-20-9-3-4-10(16)13(7-9)19-12-5-2-8(15)6-11(12)18-14(19)17/h2-7H,1H3,(H2,17,18). The fourth-order valence-corrected chi connectivity index (χ4v) is 2.28. The van der Waals surface area contributed by atoms with Gasteiger partial charge < -0.3 is 10.5 Å². The second kappa shape index (κ2) is 4.68. The number of aromatic nitrogens is 2. The quantitative estimate of drug-likeness (QED) is 0.787. The maximum Gasteiger partial charge on any atom is 0.206 e. The third kappa shape index (κ3) is 1.96. The molecule has 4 nitrogen and oxygen atoms in total. The third-order valence-corrected chi connectivity index (χ3v) is 3.27. The van der Waals surface area contributed by atoms with Crippen LogP contribution < -0.4 is 10.5 Å². The summed E-state index contributed by atoms with van der Waals surface area (Å²) in [6.45, 7) is 0. The SMILES string of the molecule is COc1ccc(F)c(-n2c(N)nc3cc(Cl)ccc32)c1. The number of anilines is 1. The summed E-state index contributed by atoms with van der Waals surface area (Å²) in [7, 11) is 1.52. The monoisotopic (exact) mass is 291 g/mol. The summed E-state index contributed by atoms with van der Waals surface area (Å²) in [6.07, 6.45) is 0.